The number of carbonyl (C=O) groups is 1. The lowest BCUT2D eigenvalue weighted by Gasteiger charge is -2.17. The van der Waals surface area contributed by atoms with Crippen molar-refractivity contribution in [2.45, 2.75) is 39.8 Å². The number of pyridine rings is 1. The molecule has 10 heteroatoms. The highest BCUT2D eigenvalue weighted by Gasteiger charge is 2.23. The van der Waals surface area contributed by atoms with E-state index in [-0.39, 0.29) is 35.4 Å². The van der Waals surface area contributed by atoms with Gasteiger partial charge in [-0.3, -0.25) is 28.1 Å². The third-order valence-corrected chi connectivity index (χ3v) is 4.90. The Morgan fingerprint density at radius 2 is 1.65 bits per heavy atom. The van der Waals surface area contributed by atoms with Gasteiger partial charge >= 0.3 is 5.69 Å². The number of nitrogens with one attached hydrogen (secondary N) is 1. The molecule has 0 radical (unpaired) electrons. The molecule has 164 valence electrons. The maximum Gasteiger partial charge on any atom is 0.332 e. The summed E-state index contributed by atoms with van der Waals surface area (Å²) in [6.07, 6.45) is 1.05. The van der Waals surface area contributed by atoms with Crippen molar-refractivity contribution in [3.63, 3.8) is 0 Å². The molecule has 1 amide bonds. The molecule has 1 aromatic carbocycles. The average molecular weight is 432 g/mol. The van der Waals surface area contributed by atoms with Crippen LogP contribution in [0.1, 0.15) is 37.0 Å². The van der Waals surface area contributed by atoms with Gasteiger partial charge in [0, 0.05) is 32.3 Å². The van der Waals surface area contributed by atoms with Crippen LogP contribution in [0.25, 0.3) is 11.0 Å². The molecule has 0 aliphatic rings. The fourth-order valence-electron chi connectivity index (χ4n) is 3.51. The van der Waals surface area contributed by atoms with E-state index in [4.69, 9.17) is 0 Å². The molecule has 3 rings (SSSR count). The fourth-order valence-corrected chi connectivity index (χ4v) is 3.51. The van der Waals surface area contributed by atoms with Gasteiger partial charge in [0.15, 0.2) is 0 Å². The summed E-state index contributed by atoms with van der Waals surface area (Å²) < 4.78 is 30.6. The van der Waals surface area contributed by atoms with E-state index in [9.17, 15) is 28.0 Å². The molecule has 1 N–H and O–H groups in total. The predicted octanol–water partition coefficient (Wildman–Crippen LogP) is 2.21. The highest BCUT2D eigenvalue weighted by Crippen LogP contribution is 2.18. The van der Waals surface area contributed by atoms with E-state index in [0.29, 0.717) is 18.9 Å². The van der Waals surface area contributed by atoms with Crippen molar-refractivity contribution < 1.29 is 13.6 Å². The van der Waals surface area contributed by atoms with Crippen LogP contribution in [0.15, 0.2) is 38.6 Å². The molecular formula is C21H22F2N4O4. The van der Waals surface area contributed by atoms with Crippen LogP contribution in [-0.2, 0) is 20.1 Å². The number of hydrogen-bond donors (Lipinski definition) is 1. The van der Waals surface area contributed by atoms with Gasteiger partial charge in [0.25, 0.3) is 17.0 Å². The lowest BCUT2D eigenvalue weighted by Crippen LogP contribution is -2.42. The van der Waals surface area contributed by atoms with Gasteiger partial charge in [-0.2, -0.15) is 0 Å². The second kappa shape index (κ2) is 8.66. The molecular weight excluding hydrogens is 410 g/mol. The van der Waals surface area contributed by atoms with Gasteiger partial charge in [0.05, 0.1) is 16.6 Å². The van der Waals surface area contributed by atoms with E-state index in [1.165, 1.54) is 16.2 Å². The van der Waals surface area contributed by atoms with Crippen LogP contribution >= 0.6 is 0 Å². The average Bonchev–Trinajstić information content (AvgIpc) is 2.72. The van der Waals surface area contributed by atoms with Gasteiger partial charge in [-0.1, -0.05) is 13.8 Å². The number of fused-ring (bicyclic) bond motifs is 1. The zero-order chi connectivity index (χ0) is 22.9. The van der Waals surface area contributed by atoms with Crippen molar-refractivity contribution in [1.29, 1.82) is 0 Å². The van der Waals surface area contributed by atoms with Crippen LogP contribution in [0.2, 0.25) is 0 Å². The molecule has 2 heterocycles. The summed E-state index contributed by atoms with van der Waals surface area (Å²) in [6.45, 7) is 3.97. The van der Waals surface area contributed by atoms with Crippen LogP contribution in [-0.4, -0.2) is 19.6 Å². The number of benzene rings is 1. The third kappa shape index (κ3) is 3.92. The van der Waals surface area contributed by atoms with Gasteiger partial charge < -0.3 is 5.32 Å². The molecule has 0 aliphatic carbocycles. The van der Waals surface area contributed by atoms with Gasteiger partial charge in [-0.05, 0) is 25.0 Å². The first-order valence-electron chi connectivity index (χ1n) is 9.85. The topological polar surface area (TPSA) is 95.1 Å². The molecule has 31 heavy (non-hydrogen) atoms. The zero-order valence-corrected chi connectivity index (χ0v) is 17.4. The van der Waals surface area contributed by atoms with E-state index in [1.807, 2.05) is 6.92 Å². The van der Waals surface area contributed by atoms with Crippen LogP contribution in [0.4, 0.5) is 14.5 Å². The Morgan fingerprint density at radius 3 is 2.26 bits per heavy atom. The smallest absolute Gasteiger partial charge is 0.319 e. The molecule has 0 spiro atoms. The van der Waals surface area contributed by atoms with Crippen LogP contribution < -0.4 is 22.1 Å². The first kappa shape index (κ1) is 22.1. The number of rotatable bonds is 6. The first-order valence-corrected chi connectivity index (χ1v) is 9.85. The van der Waals surface area contributed by atoms with Crippen molar-refractivity contribution in [2.75, 3.05) is 5.32 Å². The molecule has 0 bridgehead atoms. The Kier molecular flexibility index (Phi) is 6.19. The Bertz CT molecular complexity index is 1350. The summed E-state index contributed by atoms with van der Waals surface area (Å²) in [7, 11) is 1.42. The predicted molar refractivity (Wildman–Crippen MR) is 113 cm³/mol. The van der Waals surface area contributed by atoms with Crippen molar-refractivity contribution >= 4 is 22.6 Å². The third-order valence-electron chi connectivity index (χ3n) is 4.90. The standard InChI is InChI=1S/C21H22F2N4O4/c1-4-8-26-16(28)11-13(18(29)24-15-7-6-12(22)10-14(15)23)17-19(26)25(3)21(31)27(9-5-2)20(17)30/h6-7,10-11H,4-5,8-9H2,1-3H3,(H,24,29). The largest absolute Gasteiger partial charge is 0.332 e. The molecule has 0 saturated carbocycles. The zero-order valence-electron chi connectivity index (χ0n) is 17.4. The molecule has 8 nitrogen and oxygen atoms in total. The number of anilines is 1. The highest BCUT2D eigenvalue weighted by molar-refractivity contribution is 6.11. The Labute approximate surface area is 175 Å². The highest BCUT2D eigenvalue weighted by atomic mass is 19.1. The van der Waals surface area contributed by atoms with Crippen molar-refractivity contribution in [1.82, 2.24) is 13.7 Å². The summed E-state index contributed by atoms with van der Waals surface area (Å²) in [5, 5.41) is 2.15. The second-order valence-electron chi connectivity index (χ2n) is 7.12. The Hall–Kier alpha value is -3.56. The van der Waals surface area contributed by atoms with Crippen molar-refractivity contribution in [3.8, 4) is 0 Å². The van der Waals surface area contributed by atoms with Crippen LogP contribution in [0, 0.1) is 11.6 Å². The molecule has 0 fully saturated rings. The normalized spacial score (nSPS) is 11.1. The molecule has 2 aromatic heterocycles. The number of amides is 1. The minimum Gasteiger partial charge on any atom is -0.319 e. The lowest BCUT2D eigenvalue weighted by molar-refractivity contribution is 0.102. The number of nitrogens with zero attached hydrogens (tertiary/aromatic N) is 3. The fraction of sp³-hybridized carbons (Fsp3) is 0.333. The summed E-state index contributed by atoms with van der Waals surface area (Å²) in [6, 6.07) is 3.60. The minimum atomic E-state index is -1.01. The lowest BCUT2D eigenvalue weighted by atomic mass is 10.1. The minimum absolute atomic E-state index is 0.0152. The summed E-state index contributed by atoms with van der Waals surface area (Å²) in [5.41, 5.74) is -2.49. The molecule has 0 unspecified atom stereocenters. The monoisotopic (exact) mass is 432 g/mol. The van der Waals surface area contributed by atoms with Crippen molar-refractivity contribution in [2.24, 2.45) is 7.05 Å². The molecule has 0 atom stereocenters. The Balaban J connectivity index is 2.34. The van der Waals surface area contributed by atoms with Crippen LogP contribution in [0.3, 0.4) is 0 Å². The first-order chi connectivity index (χ1) is 14.7. The number of aromatic nitrogens is 3. The van der Waals surface area contributed by atoms with Gasteiger partial charge in [0.2, 0.25) is 0 Å². The van der Waals surface area contributed by atoms with E-state index in [1.54, 1.807) is 6.92 Å². The summed E-state index contributed by atoms with van der Waals surface area (Å²) in [4.78, 5) is 51.6. The summed E-state index contributed by atoms with van der Waals surface area (Å²) in [5.74, 6) is -2.75. The SMILES string of the molecule is CCCn1c(=O)c2c(C(=O)Nc3ccc(F)cc3F)cc(=O)n(CCC)c2n(C)c1=O. The van der Waals surface area contributed by atoms with E-state index < -0.39 is 34.3 Å². The number of aryl methyl sites for hydroxylation is 2. The van der Waals surface area contributed by atoms with Crippen LogP contribution in [0.5, 0.6) is 0 Å². The van der Waals surface area contributed by atoms with E-state index in [2.05, 4.69) is 5.32 Å². The van der Waals surface area contributed by atoms with Crippen molar-refractivity contribution in [3.05, 3.63) is 72.7 Å². The number of carbonyl (C=O) groups excluding carboxylic acids is 1. The van der Waals surface area contributed by atoms with Gasteiger partial charge in [0.1, 0.15) is 17.3 Å². The molecule has 0 aliphatic heterocycles. The maximum atomic E-state index is 14.0. The summed E-state index contributed by atoms with van der Waals surface area (Å²) >= 11 is 0. The van der Waals surface area contributed by atoms with Gasteiger partial charge in [-0.25, -0.2) is 13.6 Å². The Morgan fingerprint density at radius 1 is 1.00 bits per heavy atom. The molecule has 0 saturated heterocycles. The molecule has 3 aromatic rings. The van der Waals surface area contributed by atoms with Gasteiger partial charge in [-0.15, -0.1) is 0 Å². The maximum absolute atomic E-state index is 14.0. The van der Waals surface area contributed by atoms with E-state index >= 15 is 0 Å². The number of hydrogen-bond acceptors (Lipinski definition) is 4. The quantitative estimate of drug-likeness (QED) is 0.646. The van der Waals surface area contributed by atoms with E-state index in [0.717, 1.165) is 22.8 Å². The second-order valence-corrected chi connectivity index (χ2v) is 7.12. The number of halogens is 2.